The predicted molar refractivity (Wildman–Crippen MR) is 52.0 cm³/mol. The fraction of sp³-hybridized carbons (Fsp3) is 0.250. The summed E-state index contributed by atoms with van der Waals surface area (Å²) >= 11 is 1.13. The van der Waals surface area contributed by atoms with E-state index < -0.39 is 5.97 Å². The normalized spacial score (nSPS) is 10.8. The zero-order valence-electron chi connectivity index (χ0n) is 7.15. The summed E-state index contributed by atoms with van der Waals surface area (Å²) in [7, 11) is 1.84. The Morgan fingerprint density at radius 2 is 2.62 bits per heavy atom. The lowest BCUT2D eigenvalue weighted by molar-refractivity contribution is 0.0696. The molecule has 0 saturated carbocycles. The van der Waals surface area contributed by atoms with E-state index in [0.29, 0.717) is 5.69 Å². The molecular weight excluding hydrogens is 188 g/mol. The fourth-order valence-corrected chi connectivity index (χ4v) is 1.38. The number of aromatic carboxylic acids is 1. The molecule has 0 aromatic carbocycles. The highest BCUT2D eigenvalue weighted by atomic mass is 32.1. The minimum Gasteiger partial charge on any atom is -0.476 e. The number of hydrogen-bond acceptors (Lipinski definition) is 4. The summed E-state index contributed by atoms with van der Waals surface area (Å²) < 4.78 is 0. The van der Waals surface area contributed by atoms with Crippen LogP contribution in [0.25, 0.3) is 6.08 Å². The van der Waals surface area contributed by atoms with E-state index in [1.54, 1.807) is 11.5 Å². The Bertz CT molecular complexity index is 320. The first-order chi connectivity index (χ1) is 6.24. The van der Waals surface area contributed by atoms with Gasteiger partial charge in [-0.1, -0.05) is 6.08 Å². The van der Waals surface area contributed by atoms with Crippen LogP contribution < -0.4 is 5.32 Å². The Hall–Kier alpha value is -1.20. The van der Waals surface area contributed by atoms with E-state index in [1.807, 2.05) is 13.1 Å². The molecule has 0 unspecified atom stereocenters. The Morgan fingerprint density at radius 3 is 3.15 bits per heavy atom. The summed E-state index contributed by atoms with van der Waals surface area (Å²) in [6.45, 7) is 0.750. The Kier molecular flexibility index (Phi) is 3.60. The van der Waals surface area contributed by atoms with Gasteiger partial charge >= 0.3 is 5.97 Å². The SMILES string of the molecule is CNCC=Cc1csc(C(=O)O)n1. The molecule has 1 rings (SSSR count). The number of carboxylic acids is 1. The minimum absolute atomic E-state index is 0.129. The third-order valence-electron chi connectivity index (χ3n) is 1.32. The molecule has 4 nitrogen and oxygen atoms in total. The third kappa shape index (κ3) is 2.96. The summed E-state index contributed by atoms with van der Waals surface area (Å²) in [5.74, 6) is -0.974. The Labute approximate surface area is 79.9 Å². The van der Waals surface area contributed by atoms with Gasteiger partial charge in [-0.2, -0.15) is 0 Å². The lowest BCUT2D eigenvalue weighted by Gasteiger charge is -1.86. The van der Waals surface area contributed by atoms with E-state index in [2.05, 4.69) is 10.3 Å². The molecule has 0 aliphatic heterocycles. The van der Waals surface area contributed by atoms with E-state index in [0.717, 1.165) is 17.9 Å². The van der Waals surface area contributed by atoms with Gasteiger partial charge in [0.05, 0.1) is 5.69 Å². The summed E-state index contributed by atoms with van der Waals surface area (Å²) in [5, 5.41) is 13.4. The molecule has 0 bridgehead atoms. The van der Waals surface area contributed by atoms with Gasteiger partial charge in [-0.15, -0.1) is 11.3 Å². The van der Waals surface area contributed by atoms with Crippen LogP contribution in [0, 0.1) is 0 Å². The highest BCUT2D eigenvalue weighted by molar-refractivity contribution is 7.11. The zero-order chi connectivity index (χ0) is 9.68. The molecule has 1 heterocycles. The summed E-state index contributed by atoms with van der Waals surface area (Å²) in [6.07, 6.45) is 3.68. The first-order valence-corrected chi connectivity index (χ1v) is 4.62. The van der Waals surface area contributed by atoms with Gasteiger partial charge in [0.25, 0.3) is 0 Å². The molecule has 0 atom stereocenters. The largest absolute Gasteiger partial charge is 0.476 e. The topological polar surface area (TPSA) is 62.2 Å². The molecule has 0 fully saturated rings. The number of hydrogen-bond donors (Lipinski definition) is 2. The van der Waals surface area contributed by atoms with E-state index in [9.17, 15) is 4.79 Å². The number of nitrogens with zero attached hydrogens (tertiary/aromatic N) is 1. The molecule has 2 N–H and O–H groups in total. The van der Waals surface area contributed by atoms with Crippen LogP contribution in [0.5, 0.6) is 0 Å². The van der Waals surface area contributed by atoms with Gasteiger partial charge in [0, 0.05) is 11.9 Å². The van der Waals surface area contributed by atoms with Crippen molar-refractivity contribution in [3.8, 4) is 0 Å². The van der Waals surface area contributed by atoms with Crippen LogP contribution in [0.15, 0.2) is 11.5 Å². The van der Waals surface area contributed by atoms with Gasteiger partial charge in [0.15, 0.2) is 0 Å². The molecule has 0 amide bonds. The van der Waals surface area contributed by atoms with Crippen LogP contribution in [0.1, 0.15) is 15.5 Å². The van der Waals surface area contributed by atoms with Crippen molar-refractivity contribution in [3.63, 3.8) is 0 Å². The molecule has 1 aromatic rings. The highest BCUT2D eigenvalue weighted by Crippen LogP contribution is 2.10. The van der Waals surface area contributed by atoms with Gasteiger partial charge in [0.1, 0.15) is 0 Å². The maximum absolute atomic E-state index is 10.5. The van der Waals surface area contributed by atoms with Gasteiger partial charge in [-0.3, -0.25) is 0 Å². The maximum atomic E-state index is 10.5. The zero-order valence-corrected chi connectivity index (χ0v) is 7.97. The number of carboxylic acid groups (broad SMARTS) is 1. The van der Waals surface area contributed by atoms with Crippen molar-refractivity contribution in [1.82, 2.24) is 10.3 Å². The van der Waals surface area contributed by atoms with Crippen LogP contribution >= 0.6 is 11.3 Å². The van der Waals surface area contributed by atoms with Crippen molar-refractivity contribution in [1.29, 1.82) is 0 Å². The van der Waals surface area contributed by atoms with Crippen molar-refractivity contribution in [2.45, 2.75) is 0 Å². The Balaban J connectivity index is 2.64. The molecule has 0 spiro atoms. The van der Waals surface area contributed by atoms with Crippen molar-refractivity contribution in [3.05, 3.63) is 22.2 Å². The average Bonchev–Trinajstić information content (AvgIpc) is 2.53. The second-order valence-corrected chi connectivity index (χ2v) is 3.20. The van der Waals surface area contributed by atoms with Gasteiger partial charge < -0.3 is 10.4 Å². The van der Waals surface area contributed by atoms with E-state index in [4.69, 9.17) is 5.11 Å². The van der Waals surface area contributed by atoms with E-state index in [-0.39, 0.29) is 5.01 Å². The van der Waals surface area contributed by atoms with Crippen molar-refractivity contribution in [2.24, 2.45) is 0 Å². The third-order valence-corrected chi connectivity index (χ3v) is 2.16. The number of aromatic nitrogens is 1. The monoisotopic (exact) mass is 198 g/mol. The number of thiazole rings is 1. The van der Waals surface area contributed by atoms with Crippen LogP contribution in [0.3, 0.4) is 0 Å². The molecule has 13 heavy (non-hydrogen) atoms. The van der Waals surface area contributed by atoms with E-state index >= 15 is 0 Å². The van der Waals surface area contributed by atoms with Crippen LogP contribution in [-0.2, 0) is 0 Å². The lowest BCUT2D eigenvalue weighted by Crippen LogP contribution is -2.03. The molecule has 70 valence electrons. The van der Waals surface area contributed by atoms with Gasteiger partial charge in [-0.05, 0) is 13.1 Å². The smallest absolute Gasteiger partial charge is 0.365 e. The van der Waals surface area contributed by atoms with Crippen molar-refractivity contribution < 1.29 is 9.90 Å². The number of rotatable bonds is 4. The molecule has 5 heteroatoms. The molecule has 0 aliphatic rings. The molecule has 0 radical (unpaired) electrons. The van der Waals surface area contributed by atoms with Crippen LogP contribution in [-0.4, -0.2) is 29.7 Å². The minimum atomic E-state index is -0.974. The van der Waals surface area contributed by atoms with Crippen LogP contribution in [0.4, 0.5) is 0 Å². The van der Waals surface area contributed by atoms with Crippen LogP contribution in [0.2, 0.25) is 0 Å². The first kappa shape index (κ1) is 9.88. The van der Waals surface area contributed by atoms with Gasteiger partial charge in [0.2, 0.25) is 5.01 Å². The molecule has 1 aromatic heterocycles. The maximum Gasteiger partial charge on any atom is 0.365 e. The lowest BCUT2D eigenvalue weighted by atomic mass is 10.4. The Morgan fingerprint density at radius 1 is 1.85 bits per heavy atom. The average molecular weight is 198 g/mol. The second kappa shape index (κ2) is 4.74. The van der Waals surface area contributed by atoms with Crippen molar-refractivity contribution in [2.75, 3.05) is 13.6 Å². The number of likely N-dealkylation sites (N-methyl/N-ethyl adjacent to an activating group) is 1. The van der Waals surface area contributed by atoms with Crippen molar-refractivity contribution >= 4 is 23.4 Å². The predicted octanol–water partition coefficient (Wildman–Crippen LogP) is 1.07. The second-order valence-electron chi connectivity index (χ2n) is 2.34. The fourth-order valence-electron chi connectivity index (χ4n) is 0.758. The molecular formula is C8H10N2O2S. The van der Waals surface area contributed by atoms with Gasteiger partial charge in [-0.25, -0.2) is 9.78 Å². The summed E-state index contributed by atoms with van der Waals surface area (Å²) in [4.78, 5) is 14.3. The first-order valence-electron chi connectivity index (χ1n) is 3.74. The summed E-state index contributed by atoms with van der Waals surface area (Å²) in [5.41, 5.74) is 0.692. The molecule has 0 aliphatic carbocycles. The summed E-state index contributed by atoms with van der Waals surface area (Å²) in [6, 6.07) is 0. The quantitative estimate of drug-likeness (QED) is 0.759. The number of carbonyl (C=O) groups is 1. The number of nitrogens with one attached hydrogen (secondary N) is 1. The highest BCUT2D eigenvalue weighted by Gasteiger charge is 2.06. The van der Waals surface area contributed by atoms with E-state index in [1.165, 1.54) is 0 Å². The standard InChI is InChI=1S/C8H10N2O2S/c1-9-4-2-3-6-5-13-7(10-6)8(11)12/h2-3,5,9H,4H2,1H3,(H,11,12). The molecule has 0 saturated heterocycles.